The monoisotopic (exact) mass is 268 g/mol. The maximum atomic E-state index is 12.2. The Labute approximate surface area is 119 Å². The van der Waals surface area contributed by atoms with Crippen molar-refractivity contribution in [3.8, 4) is 0 Å². The molecule has 0 aromatic heterocycles. The van der Waals surface area contributed by atoms with E-state index in [-0.39, 0.29) is 11.4 Å². The molecule has 0 aliphatic heterocycles. The van der Waals surface area contributed by atoms with Crippen molar-refractivity contribution in [2.75, 3.05) is 13.1 Å². The maximum absolute atomic E-state index is 12.2. The van der Waals surface area contributed by atoms with Crippen molar-refractivity contribution in [2.45, 2.75) is 67.2 Å². The van der Waals surface area contributed by atoms with Gasteiger partial charge in [-0.05, 0) is 25.2 Å². The van der Waals surface area contributed by atoms with Crippen LogP contribution in [-0.4, -0.2) is 24.0 Å². The van der Waals surface area contributed by atoms with Gasteiger partial charge in [-0.25, -0.2) is 4.79 Å². The number of hydrogen-bond acceptors (Lipinski definition) is 1. The molecule has 19 heavy (non-hydrogen) atoms. The molecule has 0 saturated heterocycles. The Balaban J connectivity index is 4.46. The summed E-state index contributed by atoms with van der Waals surface area (Å²) in [5, 5.41) is 2.93. The van der Waals surface area contributed by atoms with E-state index in [2.05, 4.69) is 46.9 Å². The van der Waals surface area contributed by atoms with E-state index < -0.39 is 0 Å². The molecule has 0 aliphatic carbocycles. The lowest BCUT2D eigenvalue weighted by Gasteiger charge is -2.23. The number of amides is 2. The van der Waals surface area contributed by atoms with Gasteiger partial charge in [-0.1, -0.05) is 53.0 Å². The zero-order valence-electron chi connectivity index (χ0n) is 13.7. The summed E-state index contributed by atoms with van der Waals surface area (Å²) in [7, 11) is 0. The highest BCUT2D eigenvalue weighted by molar-refractivity contribution is 5.75. The van der Waals surface area contributed by atoms with Gasteiger partial charge in [-0.3, -0.25) is 0 Å². The van der Waals surface area contributed by atoms with E-state index in [1.165, 1.54) is 5.57 Å². The lowest BCUT2D eigenvalue weighted by molar-refractivity contribution is 0.199. The van der Waals surface area contributed by atoms with Crippen LogP contribution in [0.4, 0.5) is 4.79 Å². The number of carbonyl (C=O) groups is 1. The summed E-state index contributed by atoms with van der Waals surface area (Å²) in [4.78, 5) is 14.1. The van der Waals surface area contributed by atoms with Crippen molar-refractivity contribution >= 4 is 6.03 Å². The molecule has 0 rings (SSSR count). The summed E-state index contributed by atoms with van der Waals surface area (Å²) in [6, 6.07) is 0.0329. The Bertz CT molecular complexity index is 282. The largest absolute Gasteiger partial charge is 0.325 e. The van der Waals surface area contributed by atoms with E-state index in [1.807, 2.05) is 11.1 Å². The summed E-state index contributed by atoms with van der Waals surface area (Å²) in [5.41, 5.74) is 1.29. The van der Waals surface area contributed by atoms with Crippen LogP contribution in [0.2, 0.25) is 0 Å². The van der Waals surface area contributed by atoms with Crippen LogP contribution in [0, 0.1) is 5.41 Å². The Morgan fingerprint density at radius 3 is 1.95 bits per heavy atom. The van der Waals surface area contributed by atoms with Gasteiger partial charge < -0.3 is 10.2 Å². The molecule has 1 N–H and O–H groups in total. The predicted octanol–water partition coefficient (Wildman–Crippen LogP) is 4.55. The summed E-state index contributed by atoms with van der Waals surface area (Å²) in [5.74, 6) is 0. The zero-order chi connectivity index (χ0) is 14.9. The van der Waals surface area contributed by atoms with Gasteiger partial charge in [-0.15, -0.1) is 0 Å². The Kier molecular flexibility index (Phi) is 8.53. The first kappa shape index (κ1) is 18.0. The van der Waals surface area contributed by atoms with Gasteiger partial charge in [0.2, 0.25) is 0 Å². The van der Waals surface area contributed by atoms with Crippen LogP contribution in [0.15, 0.2) is 11.8 Å². The molecule has 0 spiro atoms. The number of hydrogen-bond donors (Lipinski definition) is 1. The van der Waals surface area contributed by atoms with Gasteiger partial charge in [0.1, 0.15) is 0 Å². The van der Waals surface area contributed by atoms with Gasteiger partial charge in [0.25, 0.3) is 0 Å². The highest BCUT2D eigenvalue weighted by Crippen LogP contribution is 2.23. The van der Waals surface area contributed by atoms with E-state index in [4.69, 9.17) is 0 Å². The number of urea groups is 1. The third-order valence-electron chi connectivity index (χ3n) is 3.45. The van der Waals surface area contributed by atoms with E-state index in [0.717, 1.165) is 38.8 Å². The van der Waals surface area contributed by atoms with Crippen molar-refractivity contribution < 1.29 is 4.79 Å². The van der Waals surface area contributed by atoms with Crippen LogP contribution in [0.25, 0.3) is 0 Å². The summed E-state index contributed by atoms with van der Waals surface area (Å²) in [6.45, 7) is 14.5. The van der Waals surface area contributed by atoms with Crippen LogP contribution in [0.3, 0.4) is 0 Å². The molecule has 3 nitrogen and oxygen atoms in total. The Hall–Kier alpha value is -0.990. The third kappa shape index (κ3) is 7.91. The first-order chi connectivity index (χ1) is 8.82. The zero-order valence-corrected chi connectivity index (χ0v) is 13.7. The molecule has 0 aromatic rings. The molecular formula is C16H32N2O. The van der Waals surface area contributed by atoms with Crippen molar-refractivity contribution in [1.29, 1.82) is 0 Å². The summed E-state index contributed by atoms with van der Waals surface area (Å²) < 4.78 is 0. The molecule has 2 amide bonds. The van der Waals surface area contributed by atoms with Gasteiger partial charge in [0.05, 0.1) is 0 Å². The number of rotatable bonds is 7. The van der Waals surface area contributed by atoms with E-state index >= 15 is 0 Å². The fourth-order valence-electron chi connectivity index (χ4n) is 1.49. The van der Waals surface area contributed by atoms with Crippen LogP contribution in [0.1, 0.15) is 67.2 Å². The average molecular weight is 268 g/mol. The molecule has 3 heteroatoms. The van der Waals surface area contributed by atoms with Crippen molar-refractivity contribution in [3.63, 3.8) is 0 Å². The van der Waals surface area contributed by atoms with Crippen LogP contribution in [0.5, 0.6) is 0 Å². The lowest BCUT2D eigenvalue weighted by atomic mass is 9.88. The summed E-state index contributed by atoms with van der Waals surface area (Å²) in [6.07, 6.45) is 6.23. The SMILES string of the molecule is CCCCN(CCCC)C(=O)N/C=C(\C)C(C)(C)C. The maximum Gasteiger partial charge on any atom is 0.321 e. The number of carbonyl (C=O) groups excluding carboxylic acids is 1. The second-order valence-electron chi connectivity index (χ2n) is 6.22. The second kappa shape index (κ2) is 9.00. The molecule has 0 aromatic carbocycles. The molecule has 0 atom stereocenters. The fourth-order valence-corrected chi connectivity index (χ4v) is 1.49. The van der Waals surface area contributed by atoms with Crippen molar-refractivity contribution in [2.24, 2.45) is 5.41 Å². The molecule has 0 saturated carbocycles. The molecule has 0 heterocycles. The van der Waals surface area contributed by atoms with Crippen molar-refractivity contribution in [1.82, 2.24) is 10.2 Å². The minimum Gasteiger partial charge on any atom is -0.325 e. The number of nitrogens with zero attached hydrogens (tertiary/aromatic N) is 1. The quantitative estimate of drug-likeness (QED) is 0.722. The molecular weight excluding hydrogens is 236 g/mol. The third-order valence-corrected chi connectivity index (χ3v) is 3.45. The number of unbranched alkanes of at least 4 members (excludes halogenated alkanes) is 2. The first-order valence-electron chi connectivity index (χ1n) is 7.55. The summed E-state index contributed by atoms with van der Waals surface area (Å²) >= 11 is 0. The van der Waals surface area contributed by atoms with Gasteiger partial charge in [0, 0.05) is 19.3 Å². The minimum atomic E-state index is 0.0329. The second-order valence-corrected chi connectivity index (χ2v) is 6.22. The highest BCUT2D eigenvalue weighted by Gasteiger charge is 2.14. The van der Waals surface area contributed by atoms with Gasteiger partial charge in [-0.2, -0.15) is 0 Å². The molecule has 0 unspecified atom stereocenters. The molecule has 0 radical (unpaired) electrons. The van der Waals surface area contributed by atoms with Gasteiger partial charge in [0.15, 0.2) is 0 Å². The van der Waals surface area contributed by atoms with Gasteiger partial charge >= 0.3 is 6.03 Å². The molecule has 0 aliphatic rings. The molecule has 112 valence electrons. The van der Waals surface area contributed by atoms with Crippen molar-refractivity contribution in [3.05, 3.63) is 11.8 Å². The van der Waals surface area contributed by atoms with Crippen LogP contribution in [-0.2, 0) is 0 Å². The predicted molar refractivity (Wildman–Crippen MR) is 83.1 cm³/mol. The van der Waals surface area contributed by atoms with E-state index in [0.29, 0.717) is 0 Å². The highest BCUT2D eigenvalue weighted by atomic mass is 16.2. The standard InChI is InChI=1S/C16H32N2O/c1-7-9-11-18(12-10-8-2)15(19)17-13-14(3)16(4,5)6/h13H,7-12H2,1-6H3,(H,17,19)/b14-13+. The fraction of sp³-hybridized carbons (Fsp3) is 0.812. The number of allylic oxidation sites excluding steroid dienone is 1. The normalized spacial score (nSPS) is 12.4. The first-order valence-corrected chi connectivity index (χ1v) is 7.55. The molecule has 0 fully saturated rings. The Morgan fingerprint density at radius 2 is 1.58 bits per heavy atom. The van der Waals surface area contributed by atoms with E-state index in [9.17, 15) is 4.79 Å². The smallest absolute Gasteiger partial charge is 0.321 e. The topological polar surface area (TPSA) is 32.3 Å². The van der Waals surface area contributed by atoms with Crippen LogP contribution < -0.4 is 5.32 Å². The lowest BCUT2D eigenvalue weighted by Crippen LogP contribution is -2.39. The average Bonchev–Trinajstić information content (AvgIpc) is 2.34. The van der Waals surface area contributed by atoms with E-state index in [1.54, 1.807) is 0 Å². The van der Waals surface area contributed by atoms with Crippen LogP contribution >= 0.6 is 0 Å². The molecule has 0 bridgehead atoms. The minimum absolute atomic E-state index is 0.0329. The Morgan fingerprint density at radius 1 is 1.11 bits per heavy atom. The number of nitrogens with one attached hydrogen (secondary N) is 1.